The van der Waals surface area contributed by atoms with Crippen LogP contribution < -0.4 is 0 Å². The third-order valence-corrected chi connectivity index (χ3v) is 3.88. The van der Waals surface area contributed by atoms with Crippen LogP contribution in [-0.2, 0) is 9.53 Å². The summed E-state index contributed by atoms with van der Waals surface area (Å²) in [7, 11) is 0. The van der Waals surface area contributed by atoms with E-state index in [2.05, 4.69) is 5.10 Å². The van der Waals surface area contributed by atoms with Crippen LogP contribution in [0.4, 0.5) is 5.69 Å². The molecule has 1 atom stereocenters. The molecule has 0 aliphatic rings. The number of Topliss-reactive ketones (excluding diaryl/α,β-unsaturated/α-hetero) is 1. The van der Waals surface area contributed by atoms with Crippen molar-refractivity contribution in [3.8, 4) is 5.69 Å². The smallest absolute Gasteiger partial charge is 0.316 e. The number of nitro benzene ring substituents is 1. The van der Waals surface area contributed by atoms with Gasteiger partial charge in [-0.2, -0.15) is 5.10 Å². The van der Waals surface area contributed by atoms with Crippen LogP contribution in [0.25, 0.3) is 5.69 Å². The number of rotatable bonds is 7. The molecule has 0 amide bonds. The zero-order chi connectivity index (χ0) is 18.6. The Labute approximate surface area is 144 Å². The molecule has 132 valence electrons. The summed E-state index contributed by atoms with van der Waals surface area (Å²) in [5.41, 5.74) is 1.45. The highest BCUT2D eigenvalue weighted by atomic mass is 16.6. The summed E-state index contributed by atoms with van der Waals surface area (Å²) in [5, 5.41) is 14.9. The standard InChI is InChI=1S/C17H19N3O5/c1-4-14(17(22)25-5-2)16(21)15-10-18-19(11(15)3)12-6-8-13(9-7-12)20(23)24/h6-10,14H,4-5H2,1-3H3. The molecule has 1 heterocycles. The van der Waals surface area contributed by atoms with E-state index in [1.54, 1.807) is 32.9 Å². The maximum atomic E-state index is 12.7. The van der Waals surface area contributed by atoms with Gasteiger partial charge in [0.25, 0.3) is 5.69 Å². The summed E-state index contributed by atoms with van der Waals surface area (Å²) in [6, 6.07) is 5.83. The second-order valence-electron chi connectivity index (χ2n) is 5.41. The highest BCUT2D eigenvalue weighted by Gasteiger charge is 2.29. The maximum absolute atomic E-state index is 12.7. The number of carbonyl (C=O) groups excluding carboxylic acids is 2. The topological polar surface area (TPSA) is 104 Å². The number of ketones is 1. The fourth-order valence-corrected chi connectivity index (χ4v) is 2.52. The van der Waals surface area contributed by atoms with E-state index < -0.39 is 16.8 Å². The highest BCUT2D eigenvalue weighted by molar-refractivity contribution is 6.09. The predicted molar refractivity (Wildman–Crippen MR) is 89.7 cm³/mol. The van der Waals surface area contributed by atoms with Gasteiger partial charge < -0.3 is 4.74 Å². The molecular weight excluding hydrogens is 326 g/mol. The number of esters is 1. The molecule has 0 N–H and O–H groups in total. The number of nitro groups is 1. The van der Waals surface area contributed by atoms with Crippen molar-refractivity contribution in [3.63, 3.8) is 0 Å². The summed E-state index contributed by atoms with van der Waals surface area (Å²) >= 11 is 0. The first-order valence-corrected chi connectivity index (χ1v) is 7.91. The molecule has 0 fully saturated rings. The summed E-state index contributed by atoms with van der Waals surface area (Å²) in [5.74, 6) is -1.75. The Balaban J connectivity index is 2.32. The maximum Gasteiger partial charge on any atom is 0.316 e. The first-order chi connectivity index (χ1) is 11.9. The zero-order valence-corrected chi connectivity index (χ0v) is 14.3. The molecule has 0 spiro atoms. The first-order valence-electron chi connectivity index (χ1n) is 7.91. The molecule has 1 aromatic carbocycles. The number of non-ortho nitro benzene ring substituents is 1. The van der Waals surface area contributed by atoms with Crippen molar-refractivity contribution in [2.45, 2.75) is 27.2 Å². The number of benzene rings is 1. The zero-order valence-electron chi connectivity index (χ0n) is 14.3. The van der Waals surface area contributed by atoms with Crippen LogP contribution in [-0.4, -0.2) is 33.1 Å². The molecule has 1 aromatic heterocycles. The molecule has 0 bridgehead atoms. The molecule has 0 aliphatic carbocycles. The number of hydrogen-bond acceptors (Lipinski definition) is 6. The minimum absolute atomic E-state index is 0.0294. The first kappa shape index (κ1) is 18.3. The van der Waals surface area contributed by atoms with Gasteiger partial charge in [0, 0.05) is 12.1 Å². The lowest BCUT2D eigenvalue weighted by atomic mass is 9.96. The summed E-state index contributed by atoms with van der Waals surface area (Å²) < 4.78 is 6.46. The SMILES string of the molecule is CCOC(=O)C(CC)C(=O)c1cnn(-c2ccc([N+](=O)[O-])cc2)c1C. The van der Waals surface area contributed by atoms with Gasteiger partial charge in [0.05, 0.1) is 34.7 Å². The fourth-order valence-electron chi connectivity index (χ4n) is 2.52. The quantitative estimate of drug-likeness (QED) is 0.251. The van der Waals surface area contributed by atoms with Crippen LogP contribution in [0.5, 0.6) is 0 Å². The molecule has 25 heavy (non-hydrogen) atoms. The minimum atomic E-state index is -0.867. The number of aromatic nitrogens is 2. The van der Waals surface area contributed by atoms with Crippen molar-refractivity contribution in [1.29, 1.82) is 0 Å². The Hall–Kier alpha value is -3.03. The molecule has 1 unspecified atom stereocenters. The molecule has 8 nitrogen and oxygen atoms in total. The van der Waals surface area contributed by atoms with E-state index in [9.17, 15) is 19.7 Å². The number of carbonyl (C=O) groups is 2. The Morgan fingerprint density at radius 2 is 1.92 bits per heavy atom. The van der Waals surface area contributed by atoms with Crippen molar-refractivity contribution in [1.82, 2.24) is 9.78 Å². The van der Waals surface area contributed by atoms with E-state index in [4.69, 9.17) is 4.74 Å². The summed E-state index contributed by atoms with van der Waals surface area (Å²) in [6.45, 7) is 5.35. The normalized spacial score (nSPS) is 11.8. The van der Waals surface area contributed by atoms with Gasteiger partial charge in [-0.25, -0.2) is 4.68 Å². The van der Waals surface area contributed by atoms with E-state index in [0.717, 1.165) is 0 Å². The summed E-state index contributed by atoms with van der Waals surface area (Å²) in [4.78, 5) is 34.8. The van der Waals surface area contributed by atoms with Crippen molar-refractivity contribution in [2.24, 2.45) is 5.92 Å². The number of ether oxygens (including phenoxy) is 1. The molecular formula is C17H19N3O5. The molecule has 0 aliphatic heterocycles. The predicted octanol–water partition coefficient (Wildman–Crippen LogP) is 2.86. The van der Waals surface area contributed by atoms with Crippen LogP contribution in [0.15, 0.2) is 30.5 Å². The Kier molecular flexibility index (Phi) is 5.63. The average Bonchev–Trinajstić information content (AvgIpc) is 2.97. The van der Waals surface area contributed by atoms with Crippen LogP contribution >= 0.6 is 0 Å². The van der Waals surface area contributed by atoms with Gasteiger partial charge in [-0.1, -0.05) is 6.92 Å². The molecule has 8 heteroatoms. The van der Waals surface area contributed by atoms with Gasteiger partial charge in [-0.15, -0.1) is 0 Å². The van der Waals surface area contributed by atoms with Crippen LogP contribution in [0.3, 0.4) is 0 Å². The van der Waals surface area contributed by atoms with E-state index in [0.29, 0.717) is 23.4 Å². The largest absolute Gasteiger partial charge is 0.465 e. The molecule has 2 aromatic rings. The van der Waals surface area contributed by atoms with Crippen molar-refractivity contribution in [2.75, 3.05) is 6.61 Å². The Morgan fingerprint density at radius 1 is 1.28 bits per heavy atom. The number of nitrogens with zero attached hydrogens (tertiary/aromatic N) is 3. The summed E-state index contributed by atoms with van der Waals surface area (Å²) in [6.07, 6.45) is 1.74. The van der Waals surface area contributed by atoms with E-state index in [1.807, 2.05) is 0 Å². The molecule has 0 saturated heterocycles. The lowest BCUT2D eigenvalue weighted by Crippen LogP contribution is -2.26. The van der Waals surface area contributed by atoms with Gasteiger partial charge in [-0.3, -0.25) is 19.7 Å². The van der Waals surface area contributed by atoms with Gasteiger partial charge in [0.1, 0.15) is 5.92 Å². The molecule has 0 saturated carbocycles. The highest BCUT2D eigenvalue weighted by Crippen LogP contribution is 2.21. The molecule has 0 radical (unpaired) electrons. The Morgan fingerprint density at radius 3 is 2.44 bits per heavy atom. The van der Waals surface area contributed by atoms with Gasteiger partial charge >= 0.3 is 5.97 Å². The third kappa shape index (κ3) is 3.73. The van der Waals surface area contributed by atoms with Crippen LogP contribution in [0.1, 0.15) is 36.3 Å². The van der Waals surface area contributed by atoms with E-state index in [-0.39, 0.29) is 18.1 Å². The van der Waals surface area contributed by atoms with Crippen molar-refractivity contribution in [3.05, 3.63) is 51.8 Å². The van der Waals surface area contributed by atoms with Gasteiger partial charge in [0.2, 0.25) is 0 Å². The molecule has 2 rings (SSSR count). The Bertz CT molecular complexity index is 795. The number of hydrogen-bond donors (Lipinski definition) is 0. The van der Waals surface area contributed by atoms with Crippen LogP contribution in [0, 0.1) is 23.0 Å². The lowest BCUT2D eigenvalue weighted by molar-refractivity contribution is -0.384. The van der Waals surface area contributed by atoms with Gasteiger partial charge in [-0.05, 0) is 32.4 Å². The van der Waals surface area contributed by atoms with Gasteiger partial charge in [0.15, 0.2) is 5.78 Å². The minimum Gasteiger partial charge on any atom is -0.465 e. The second kappa shape index (κ2) is 7.69. The van der Waals surface area contributed by atoms with Crippen molar-refractivity contribution >= 4 is 17.4 Å². The second-order valence-corrected chi connectivity index (χ2v) is 5.41. The van der Waals surface area contributed by atoms with Crippen LogP contribution in [0.2, 0.25) is 0 Å². The van der Waals surface area contributed by atoms with E-state index in [1.165, 1.54) is 23.0 Å². The third-order valence-electron chi connectivity index (χ3n) is 3.88. The van der Waals surface area contributed by atoms with Crippen molar-refractivity contribution < 1.29 is 19.2 Å². The monoisotopic (exact) mass is 345 g/mol. The lowest BCUT2D eigenvalue weighted by Gasteiger charge is -2.12. The average molecular weight is 345 g/mol. The fraction of sp³-hybridized carbons (Fsp3) is 0.353. The van der Waals surface area contributed by atoms with E-state index >= 15 is 0 Å².